The van der Waals surface area contributed by atoms with E-state index in [1.807, 2.05) is 12.1 Å². The van der Waals surface area contributed by atoms with Gasteiger partial charge < -0.3 is 14.6 Å². The predicted octanol–water partition coefficient (Wildman–Crippen LogP) is 5.16. The van der Waals surface area contributed by atoms with Gasteiger partial charge in [0.25, 0.3) is 0 Å². The molecule has 1 aliphatic carbocycles. The molecule has 2 aromatic carbocycles. The number of aromatic amines is 1. The van der Waals surface area contributed by atoms with Crippen molar-refractivity contribution in [2.75, 3.05) is 37.7 Å². The summed E-state index contributed by atoms with van der Waals surface area (Å²) in [6, 6.07) is 13.5. The Morgan fingerprint density at radius 2 is 1.95 bits per heavy atom. The minimum Gasteiger partial charge on any atom is -0.381 e. The van der Waals surface area contributed by atoms with Crippen molar-refractivity contribution in [3.63, 3.8) is 0 Å². The smallest absolute Gasteiger partial charge is 0.195 e. The topological polar surface area (TPSA) is 72.4 Å². The van der Waals surface area contributed by atoms with Crippen LogP contribution in [0.4, 0.5) is 5.69 Å². The van der Waals surface area contributed by atoms with Gasteiger partial charge in [-0.05, 0) is 67.0 Å². The van der Waals surface area contributed by atoms with Crippen molar-refractivity contribution in [1.82, 2.24) is 9.88 Å². The third-order valence-corrected chi connectivity index (χ3v) is 9.79. The van der Waals surface area contributed by atoms with E-state index in [9.17, 15) is 10.1 Å². The number of aromatic nitrogens is 1. The first-order valence-corrected chi connectivity index (χ1v) is 14.3. The predicted molar refractivity (Wildman–Crippen MR) is 149 cm³/mol. The maximum atomic E-state index is 14.0. The zero-order valence-corrected chi connectivity index (χ0v) is 22.6. The molecule has 2 atom stereocenters. The third-order valence-electron chi connectivity index (χ3n) is 9.79. The highest BCUT2D eigenvalue weighted by molar-refractivity contribution is 6.20. The number of hydrogen-bond acceptors (Lipinski definition) is 5. The van der Waals surface area contributed by atoms with Crippen molar-refractivity contribution < 1.29 is 9.53 Å². The van der Waals surface area contributed by atoms with Crippen molar-refractivity contribution in [3.8, 4) is 6.07 Å². The van der Waals surface area contributed by atoms with Crippen LogP contribution >= 0.6 is 0 Å². The van der Waals surface area contributed by atoms with Crippen LogP contribution in [0.5, 0.6) is 0 Å². The quantitative estimate of drug-likeness (QED) is 0.527. The van der Waals surface area contributed by atoms with Gasteiger partial charge in [0.05, 0.1) is 17.2 Å². The lowest BCUT2D eigenvalue weighted by Crippen LogP contribution is -2.48. The molecule has 4 aliphatic rings. The first-order chi connectivity index (χ1) is 18.4. The Morgan fingerprint density at radius 1 is 1.13 bits per heavy atom. The number of carbonyl (C=O) groups excluding carboxylic acids is 1. The fraction of sp³-hybridized carbons (Fsp3) is 0.500. The number of anilines is 1. The maximum absolute atomic E-state index is 14.0. The van der Waals surface area contributed by atoms with Crippen molar-refractivity contribution in [2.45, 2.75) is 64.0 Å². The Kier molecular flexibility index (Phi) is 5.48. The van der Waals surface area contributed by atoms with Gasteiger partial charge in [0.2, 0.25) is 0 Å². The van der Waals surface area contributed by atoms with Gasteiger partial charge in [-0.2, -0.15) is 5.26 Å². The van der Waals surface area contributed by atoms with Crippen LogP contribution in [0.25, 0.3) is 10.9 Å². The van der Waals surface area contributed by atoms with Crippen molar-refractivity contribution in [3.05, 3.63) is 63.8 Å². The molecule has 2 unspecified atom stereocenters. The van der Waals surface area contributed by atoms with Crippen molar-refractivity contribution in [2.24, 2.45) is 5.92 Å². The molecule has 7 rings (SSSR count). The largest absolute Gasteiger partial charge is 0.381 e. The molecule has 38 heavy (non-hydrogen) atoms. The Morgan fingerprint density at radius 3 is 2.66 bits per heavy atom. The molecule has 0 saturated carbocycles. The van der Waals surface area contributed by atoms with Crippen LogP contribution in [0.3, 0.4) is 0 Å². The number of benzene rings is 2. The molecule has 6 heteroatoms. The molecule has 196 valence electrons. The Balaban J connectivity index is 1.23. The summed E-state index contributed by atoms with van der Waals surface area (Å²) in [6.07, 6.45) is 4.53. The van der Waals surface area contributed by atoms with Crippen molar-refractivity contribution in [1.29, 1.82) is 5.26 Å². The monoisotopic (exact) mass is 508 g/mol. The first kappa shape index (κ1) is 23.9. The van der Waals surface area contributed by atoms with Crippen LogP contribution in [0, 0.1) is 17.2 Å². The van der Waals surface area contributed by atoms with Crippen LogP contribution in [0.2, 0.25) is 0 Å². The highest BCUT2D eigenvalue weighted by Gasteiger charge is 2.46. The number of fused-ring (bicyclic) bond motifs is 6. The van der Waals surface area contributed by atoms with Gasteiger partial charge in [0.1, 0.15) is 0 Å². The number of ketones is 1. The van der Waals surface area contributed by atoms with E-state index in [1.165, 1.54) is 37.1 Å². The van der Waals surface area contributed by atoms with Crippen molar-refractivity contribution >= 4 is 22.4 Å². The van der Waals surface area contributed by atoms with Gasteiger partial charge in [0.15, 0.2) is 5.78 Å². The minimum absolute atomic E-state index is 0.0945. The summed E-state index contributed by atoms with van der Waals surface area (Å²) >= 11 is 0. The van der Waals surface area contributed by atoms with E-state index in [-0.39, 0.29) is 11.2 Å². The summed E-state index contributed by atoms with van der Waals surface area (Å²) in [5.74, 6) is 0.866. The molecule has 3 aromatic rings. The average Bonchev–Trinajstić information content (AvgIpc) is 3.64. The van der Waals surface area contributed by atoms with Gasteiger partial charge in [0, 0.05) is 78.2 Å². The second kappa shape index (κ2) is 8.69. The number of aryl methyl sites for hydroxylation is 1. The summed E-state index contributed by atoms with van der Waals surface area (Å²) in [4.78, 5) is 22.9. The lowest BCUT2D eigenvalue weighted by atomic mass is 9.70. The molecule has 3 fully saturated rings. The molecule has 1 N–H and O–H groups in total. The van der Waals surface area contributed by atoms with Gasteiger partial charge in [-0.3, -0.25) is 9.69 Å². The highest BCUT2D eigenvalue weighted by Crippen LogP contribution is 2.47. The van der Waals surface area contributed by atoms with E-state index < -0.39 is 0 Å². The van der Waals surface area contributed by atoms with E-state index >= 15 is 0 Å². The molecular formula is C32H36N4O2. The number of hydrogen-bond donors (Lipinski definition) is 1. The lowest BCUT2D eigenvalue weighted by Gasteiger charge is -2.40. The van der Waals surface area contributed by atoms with Crippen LogP contribution in [-0.2, 0) is 16.6 Å². The van der Waals surface area contributed by atoms with E-state index in [4.69, 9.17) is 4.74 Å². The minimum atomic E-state index is -0.348. The molecule has 3 aliphatic heterocycles. The number of H-pyrrole nitrogens is 1. The van der Waals surface area contributed by atoms with E-state index in [2.05, 4.69) is 53.8 Å². The van der Waals surface area contributed by atoms with Crippen LogP contribution in [0.1, 0.15) is 78.3 Å². The molecular weight excluding hydrogens is 472 g/mol. The number of carbonyl (C=O) groups is 1. The Hall–Kier alpha value is -3.14. The van der Waals surface area contributed by atoms with Gasteiger partial charge in [-0.1, -0.05) is 26.8 Å². The number of nitrogens with zero attached hydrogens (tertiary/aromatic N) is 3. The van der Waals surface area contributed by atoms with Gasteiger partial charge >= 0.3 is 0 Å². The molecule has 0 amide bonds. The van der Waals surface area contributed by atoms with E-state index in [0.29, 0.717) is 17.6 Å². The molecule has 6 nitrogen and oxygen atoms in total. The zero-order valence-electron chi connectivity index (χ0n) is 22.6. The number of nitriles is 1. The van der Waals surface area contributed by atoms with E-state index in [1.54, 1.807) is 6.07 Å². The molecule has 3 saturated heterocycles. The number of piperazine rings is 1. The zero-order chi connectivity index (χ0) is 26.2. The normalized spacial score (nSPS) is 24.6. The summed E-state index contributed by atoms with van der Waals surface area (Å²) in [5.41, 5.74) is 7.36. The lowest BCUT2D eigenvalue weighted by molar-refractivity contribution is 0.0497. The SMILES string of the molecule is CCc1cc2c(cc1N1CC3CC1CN3CC1CCOCC1)C(C)(C)c1[nH]c3cc(C#N)ccc3c1C2=O. The molecule has 4 heterocycles. The summed E-state index contributed by atoms with van der Waals surface area (Å²) in [5, 5.41) is 10.3. The fourth-order valence-electron chi connectivity index (χ4n) is 7.66. The number of rotatable bonds is 4. The maximum Gasteiger partial charge on any atom is 0.195 e. The fourth-order valence-corrected chi connectivity index (χ4v) is 7.66. The average molecular weight is 509 g/mol. The first-order valence-electron chi connectivity index (χ1n) is 14.3. The second-order valence-electron chi connectivity index (χ2n) is 12.3. The highest BCUT2D eigenvalue weighted by atomic mass is 16.5. The molecule has 2 bridgehead atoms. The van der Waals surface area contributed by atoms with Crippen LogP contribution < -0.4 is 4.90 Å². The number of nitrogens with one attached hydrogen (secondary N) is 1. The molecule has 0 radical (unpaired) electrons. The number of likely N-dealkylation sites (tertiary alicyclic amines) is 1. The summed E-state index contributed by atoms with van der Waals surface area (Å²) in [7, 11) is 0. The number of ether oxygens (including phenoxy) is 1. The van der Waals surface area contributed by atoms with Crippen LogP contribution in [0.15, 0.2) is 30.3 Å². The van der Waals surface area contributed by atoms with Gasteiger partial charge in [-0.15, -0.1) is 0 Å². The molecule has 0 spiro atoms. The second-order valence-corrected chi connectivity index (χ2v) is 12.3. The standard InChI is InChI=1S/C32H36N4O2/c1-4-21-12-25-26(32(2,3)31-29(30(25)37)24-6-5-20(15-33)11-27(24)34-31)14-28(21)36-18-22-13-23(36)17-35(22)16-19-7-9-38-10-8-19/h5-6,11-12,14,19,22-23,34H,4,7-10,13,16-18H2,1-3H3. The van der Waals surface area contributed by atoms with Crippen LogP contribution in [-0.4, -0.2) is 60.6 Å². The Labute approximate surface area is 224 Å². The summed E-state index contributed by atoms with van der Waals surface area (Å²) in [6.45, 7) is 11.9. The Bertz CT molecular complexity index is 1490. The molecule has 1 aromatic heterocycles. The third kappa shape index (κ3) is 3.48. The van der Waals surface area contributed by atoms with E-state index in [0.717, 1.165) is 71.9 Å². The summed E-state index contributed by atoms with van der Waals surface area (Å²) < 4.78 is 5.58. The van der Waals surface area contributed by atoms with Gasteiger partial charge in [-0.25, -0.2) is 0 Å².